The number of ether oxygens (including phenoxy) is 2. The van der Waals surface area contributed by atoms with Crippen LogP contribution in [-0.2, 0) is 11.2 Å². The van der Waals surface area contributed by atoms with Gasteiger partial charge in [-0.15, -0.1) is 5.10 Å². The number of tetrazole rings is 1. The number of aromatic nitrogens is 4. The highest BCUT2D eigenvalue weighted by atomic mass is 16.5. The number of hydrogen-bond donors (Lipinski definition) is 1. The van der Waals surface area contributed by atoms with Crippen LogP contribution < -0.4 is 14.8 Å². The fourth-order valence-corrected chi connectivity index (χ4v) is 2.57. The van der Waals surface area contributed by atoms with Gasteiger partial charge in [0.05, 0.1) is 19.9 Å². The van der Waals surface area contributed by atoms with E-state index in [9.17, 15) is 4.79 Å². The first kappa shape index (κ1) is 17.4. The summed E-state index contributed by atoms with van der Waals surface area (Å²) in [7, 11) is 3.11. The lowest BCUT2D eigenvalue weighted by atomic mass is 10.1. The van der Waals surface area contributed by atoms with Gasteiger partial charge in [-0.25, -0.2) is 4.68 Å². The van der Waals surface area contributed by atoms with E-state index in [2.05, 4.69) is 20.8 Å². The topological polar surface area (TPSA) is 91.2 Å². The molecule has 0 fully saturated rings. The minimum Gasteiger partial charge on any atom is -0.497 e. The van der Waals surface area contributed by atoms with Crippen molar-refractivity contribution in [1.29, 1.82) is 0 Å². The number of amides is 1. The number of methoxy groups -OCH3 is 2. The zero-order chi connectivity index (χ0) is 18.4. The van der Waals surface area contributed by atoms with E-state index >= 15 is 0 Å². The van der Waals surface area contributed by atoms with Gasteiger partial charge in [0.25, 0.3) is 0 Å². The molecule has 0 unspecified atom stereocenters. The van der Waals surface area contributed by atoms with E-state index in [0.29, 0.717) is 23.6 Å². The third-order valence-electron chi connectivity index (χ3n) is 3.93. The molecule has 0 saturated carbocycles. The van der Waals surface area contributed by atoms with Crippen molar-refractivity contribution in [3.05, 3.63) is 60.4 Å². The molecule has 8 nitrogen and oxygen atoms in total. The summed E-state index contributed by atoms with van der Waals surface area (Å²) in [5.41, 5.74) is 1.55. The number of rotatable bonds is 7. The summed E-state index contributed by atoms with van der Waals surface area (Å²) >= 11 is 0. The average molecular weight is 353 g/mol. The third kappa shape index (κ3) is 3.97. The van der Waals surface area contributed by atoms with Crippen molar-refractivity contribution in [3.63, 3.8) is 0 Å². The molecule has 0 aliphatic heterocycles. The molecule has 0 spiro atoms. The van der Waals surface area contributed by atoms with E-state index in [4.69, 9.17) is 9.47 Å². The molecule has 26 heavy (non-hydrogen) atoms. The molecule has 1 heterocycles. The molecule has 1 amide bonds. The van der Waals surface area contributed by atoms with Crippen molar-refractivity contribution >= 4 is 11.6 Å². The standard InChI is InChI=1S/C18H19N5O3/c1-25-14-8-9-15(17(11-14)26-2)20-18(24)16(23-12-19-21-22-23)10-13-6-4-3-5-7-13/h3-9,11-12,16H,10H2,1-2H3,(H,20,24)/t16-/m0/s1. The van der Waals surface area contributed by atoms with Crippen LogP contribution in [0.2, 0.25) is 0 Å². The van der Waals surface area contributed by atoms with Crippen molar-refractivity contribution in [2.24, 2.45) is 0 Å². The van der Waals surface area contributed by atoms with Gasteiger partial charge in [-0.1, -0.05) is 30.3 Å². The van der Waals surface area contributed by atoms with Gasteiger partial charge in [0, 0.05) is 12.5 Å². The Labute approximate surface area is 150 Å². The van der Waals surface area contributed by atoms with Crippen molar-refractivity contribution in [1.82, 2.24) is 20.2 Å². The zero-order valence-electron chi connectivity index (χ0n) is 14.5. The van der Waals surface area contributed by atoms with Crippen LogP contribution in [-0.4, -0.2) is 40.3 Å². The number of benzene rings is 2. The summed E-state index contributed by atoms with van der Waals surface area (Å²) in [6.45, 7) is 0. The lowest BCUT2D eigenvalue weighted by Gasteiger charge is -2.18. The Hall–Kier alpha value is -3.42. The monoisotopic (exact) mass is 353 g/mol. The second kappa shape index (κ2) is 8.11. The van der Waals surface area contributed by atoms with Crippen LogP contribution in [0, 0.1) is 0 Å². The van der Waals surface area contributed by atoms with Gasteiger partial charge >= 0.3 is 0 Å². The molecule has 0 bridgehead atoms. The SMILES string of the molecule is COc1ccc(NC(=O)[C@H](Cc2ccccc2)n2cnnn2)c(OC)c1. The van der Waals surface area contributed by atoms with E-state index in [1.54, 1.807) is 25.3 Å². The number of carbonyl (C=O) groups is 1. The summed E-state index contributed by atoms with van der Waals surface area (Å²) < 4.78 is 12.0. The highest BCUT2D eigenvalue weighted by Crippen LogP contribution is 2.30. The Balaban J connectivity index is 1.84. The Bertz CT molecular complexity index is 853. The van der Waals surface area contributed by atoms with Gasteiger partial charge in [0.15, 0.2) is 0 Å². The minimum atomic E-state index is -0.598. The van der Waals surface area contributed by atoms with E-state index in [1.165, 1.54) is 18.1 Å². The normalized spacial score (nSPS) is 11.6. The van der Waals surface area contributed by atoms with E-state index in [0.717, 1.165) is 5.56 Å². The summed E-state index contributed by atoms with van der Waals surface area (Å²) in [4.78, 5) is 12.9. The number of nitrogens with one attached hydrogen (secondary N) is 1. The quantitative estimate of drug-likeness (QED) is 0.699. The van der Waals surface area contributed by atoms with Crippen LogP contribution in [0.5, 0.6) is 11.5 Å². The van der Waals surface area contributed by atoms with Crippen molar-refractivity contribution in [2.45, 2.75) is 12.5 Å². The largest absolute Gasteiger partial charge is 0.497 e. The van der Waals surface area contributed by atoms with E-state index in [-0.39, 0.29) is 5.91 Å². The highest BCUT2D eigenvalue weighted by molar-refractivity contribution is 5.95. The van der Waals surface area contributed by atoms with Crippen LogP contribution in [0.4, 0.5) is 5.69 Å². The summed E-state index contributed by atoms with van der Waals surface area (Å²) in [6, 6.07) is 14.3. The average Bonchev–Trinajstić information content (AvgIpc) is 3.21. The van der Waals surface area contributed by atoms with Gasteiger partial charge in [-0.2, -0.15) is 0 Å². The number of nitrogens with zero attached hydrogens (tertiary/aromatic N) is 4. The molecule has 3 aromatic rings. The van der Waals surface area contributed by atoms with Gasteiger partial charge in [0.1, 0.15) is 23.9 Å². The van der Waals surface area contributed by atoms with E-state index in [1.807, 2.05) is 30.3 Å². The maximum Gasteiger partial charge on any atom is 0.249 e. The number of anilines is 1. The van der Waals surface area contributed by atoms with Gasteiger partial charge in [-0.05, 0) is 28.1 Å². The fourth-order valence-electron chi connectivity index (χ4n) is 2.57. The second-order valence-electron chi connectivity index (χ2n) is 5.55. The third-order valence-corrected chi connectivity index (χ3v) is 3.93. The van der Waals surface area contributed by atoms with Crippen LogP contribution in [0.1, 0.15) is 11.6 Å². The molecule has 134 valence electrons. The van der Waals surface area contributed by atoms with Crippen molar-refractivity contribution in [3.8, 4) is 11.5 Å². The Kier molecular flexibility index (Phi) is 5.43. The molecule has 8 heteroatoms. The predicted molar refractivity (Wildman–Crippen MR) is 95.2 cm³/mol. The molecular weight excluding hydrogens is 334 g/mol. The highest BCUT2D eigenvalue weighted by Gasteiger charge is 2.23. The molecule has 1 N–H and O–H groups in total. The Morgan fingerprint density at radius 3 is 2.62 bits per heavy atom. The Morgan fingerprint density at radius 1 is 1.15 bits per heavy atom. The molecular formula is C18H19N5O3. The van der Waals surface area contributed by atoms with E-state index < -0.39 is 6.04 Å². The van der Waals surface area contributed by atoms with Crippen molar-refractivity contribution in [2.75, 3.05) is 19.5 Å². The summed E-state index contributed by atoms with van der Waals surface area (Å²) in [5, 5.41) is 14.1. The zero-order valence-corrected chi connectivity index (χ0v) is 14.5. The molecule has 1 atom stereocenters. The molecule has 0 saturated heterocycles. The van der Waals surface area contributed by atoms with Crippen molar-refractivity contribution < 1.29 is 14.3 Å². The van der Waals surface area contributed by atoms with Crippen LogP contribution in [0.3, 0.4) is 0 Å². The number of carbonyl (C=O) groups excluding carboxylic acids is 1. The maximum atomic E-state index is 12.9. The van der Waals surface area contributed by atoms with Crippen LogP contribution >= 0.6 is 0 Å². The first-order valence-electron chi connectivity index (χ1n) is 8.00. The fraction of sp³-hybridized carbons (Fsp3) is 0.222. The predicted octanol–water partition coefficient (Wildman–Crippen LogP) is 2.11. The summed E-state index contributed by atoms with van der Waals surface area (Å²) in [6.07, 6.45) is 1.88. The first-order chi connectivity index (χ1) is 12.7. The smallest absolute Gasteiger partial charge is 0.249 e. The molecule has 0 aliphatic rings. The number of hydrogen-bond acceptors (Lipinski definition) is 6. The van der Waals surface area contributed by atoms with Gasteiger partial charge in [0.2, 0.25) is 5.91 Å². The lowest BCUT2D eigenvalue weighted by Crippen LogP contribution is -2.28. The van der Waals surface area contributed by atoms with Gasteiger partial charge in [-0.3, -0.25) is 4.79 Å². The minimum absolute atomic E-state index is 0.246. The molecule has 0 radical (unpaired) electrons. The lowest BCUT2D eigenvalue weighted by molar-refractivity contribution is -0.119. The first-order valence-corrected chi connectivity index (χ1v) is 8.00. The van der Waals surface area contributed by atoms with Crippen LogP contribution in [0.15, 0.2) is 54.9 Å². The summed E-state index contributed by atoms with van der Waals surface area (Å²) in [5.74, 6) is 0.902. The Morgan fingerprint density at radius 2 is 1.96 bits per heavy atom. The molecule has 3 rings (SSSR count). The molecule has 0 aliphatic carbocycles. The van der Waals surface area contributed by atoms with Gasteiger partial charge < -0.3 is 14.8 Å². The molecule has 1 aromatic heterocycles. The maximum absolute atomic E-state index is 12.9. The molecule has 2 aromatic carbocycles. The van der Waals surface area contributed by atoms with Crippen LogP contribution in [0.25, 0.3) is 0 Å². The second-order valence-corrected chi connectivity index (χ2v) is 5.55.